The molecule has 18 heavy (non-hydrogen) atoms. The monoisotopic (exact) mass is 278 g/mol. The van der Waals surface area contributed by atoms with E-state index in [-0.39, 0.29) is 23.3 Å². The second-order valence-corrected chi connectivity index (χ2v) is 7.36. The molecule has 0 saturated heterocycles. The van der Waals surface area contributed by atoms with Crippen LogP contribution >= 0.6 is 0 Å². The Balaban J connectivity index is 2.44. The lowest BCUT2D eigenvalue weighted by molar-refractivity contribution is -0.108. The normalized spacial score (nSPS) is 26.9. The number of nitrogens with two attached hydrogens (primary N) is 1. The van der Waals surface area contributed by atoms with Gasteiger partial charge in [-0.1, -0.05) is 13.8 Å². The summed E-state index contributed by atoms with van der Waals surface area (Å²) in [5.41, 5.74) is 5.23. The van der Waals surface area contributed by atoms with E-state index >= 15 is 0 Å². The van der Waals surface area contributed by atoms with Crippen LogP contribution in [-0.2, 0) is 14.8 Å². The molecule has 1 fully saturated rings. The van der Waals surface area contributed by atoms with E-state index < -0.39 is 10.0 Å². The molecule has 2 unspecified atom stereocenters. The smallest absolute Gasteiger partial charge is 0.211 e. The van der Waals surface area contributed by atoms with Crippen molar-refractivity contribution in [2.24, 2.45) is 11.1 Å². The highest BCUT2D eigenvalue weighted by Crippen LogP contribution is 2.43. The zero-order chi connectivity index (χ0) is 13.8. The maximum atomic E-state index is 11.9. The lowest BCUT2D eigenvalue weighted by Crippen LogP contribution is -2.62. The number of sulfonamides is 1. The highest BCUT2D eigenvalue weighted by Gasteiger charge is 2.50. The zero-order valence-corrected chi connectivity index (χ0v) is 12.4. The lowest BCUT2D eigenvalue weighted by atomic mass is 9.65. The van der Waals surface area contributed by atoms with Gasteiger partial charge in [0.2, 0.25) is 10.0 Å². The van der Waals surface area contributed by atoms with Gasteiger partial charge in [0, 0.05) is 18.1 Å². The van der Waals surface area contributed by atoms with Gasteiger partial charge in [0.25, 0.3) is 0 Å². The lowest BCUT2D eigenvalue weighted by Gasteiger charge is -2.51. The molecule has 0 amide bonds. The topological polar surface area (TPSA) is 81.4 Å². The van der Waals surface area contributed by atoms with Gasteiger partial charge in [0.15, 0.2) is 0 Å². The number of unbranched alkanes of at least 4 members (excludes halogenated alkanes) is 1. The number of nitrogens with one attached hydrogen (secondary N) is 1. The van der Waals surface area contributed by atoms with E-state index in [9.17, 15) is 8.42 Å². The van der Waals surface area contributed by atoms with Crippen molar-refractivity contribution < 1.29 is 13.2 Å². The largest absolute Gasteiger partial charge is 0.378 e. The van der Waals surface area contributed by atoms with Crippen LogP contribution in [0.1, 0.15) is 40.0 Å². The van der Waals surface area contributed by atoms with Gasteiger partial charge in [-0.05, 0) is 32.7 Å². The molecule has 6 heteroatoms. The molecule has 0 aromatic rings. The predicted octanol–water partition coefficient (Wildman–Crippen LogP) is 0.848. The molecule has 0 heterocycles. The van der Waals surface area contributed by atoms with Gasteiger partial charge in [0.1, 0.15) is 0 Å². The molecule has 1 saturated carbocycles. The molecule has 0 aliphatic heterocycles. The summed E-state index contributed by atoms with van der Waals surface area (Å²) in [5, 5.41) is 0. The van der Waals surface area contributed by atoms with Crippen molar-refractivity contribution in [3.8, 4) is 0 Å². The van der Waals surface area contributed by atoms with Crippen LogP contribution in [0.2, 0.25) is 0 Å². The molecule has 0 bridgehead atoms. The second kappa shape index (κ2) is 6.32. The van der Waals surface area contributed by atoms with Crippen LogP contribution in [-0.4, -0.2) is 39.5 Å². The maximum Gasteiger partial charge on any atom is 0.211 e. The number of hydrogen-bond acceptors (Lipinski definition) is 4. The van der Waals surface area contributed by atoms with E-state index in [1.165, 1.54) is 0 Å². The van der Waals surface area contributed by atoms with Crippen LogP contribution < -0.4 is 10.5 Å². The van der Waals surface area contributed by atoms with Gasteiger partial charge in [-0.2, -0.15) is 0 Å². The van der Waals surface area contributed by atoms with Crippen molar-refractivity contribution >= 4 is 10.0 Å². The molecular weight excluding hydrogens is 252 g/mol. The second-order valence-electron chi connectivity index (χ2n) is 5.49. The van der Waals surface area contributed by atoms with E-state index in [1.54, 1.807) is 0 Å². The molecule has 1 aliphatic rings. The summed E-state index contributed by atoms with van der Waals surface area (Å²) < 4.78 is 32.1. The first kappa shape index (κ1) is 15.9. The van der Waals surface area contributed by atoms with Crippen molar-refractivity contribution in [2.75, 3.05) is 18.9 Å². The van der Waals surface area contributed by atoms with E-state index in [4.69, 9.17) is 10.5 Å². The maximum absolute atomic E-state index is 11.9. The number of rotatable bonds is 8. The number of hydrogen-bond donors (Lipinski definition) is 2. The molecule has 0 spiro atoms. The first-order valence-electron chi connectivity index (χ1n) is 6.65. The van der Waals surface area contributed by atoms with Gasteiger partial charge in [-0.15, -0.1) is 0 Å². The number of ether oxygens (including phenoxy) is 1. The summed E-state index contributed by atoms with van der Waals surface area (Å²) in [7, 11) is -3.18. The van der Waals surface area contributed by atoms with Crippen molar-refractivity contribution in [2.45, 2.75) is 52.2 Å². The van der Waals surface area contributed by atoms with Crippen molar-refractivity contribution in [1.82, 2.24) is 4.72 Å². The molecule has 1 rings (SSSR count). The molecule has 108 valence electrons. The summed E-state index contributed by atoms with van der Waals surface area (Å²) in [6, 6.07) is -0.0167. The van der Waals surface area contributed by atoms with Crippen molar-refractivity contribution in [1.29, 1.82) is 0 Å². The molecule has 0 radical (unpaired) electrons. The Labute approximate surface area is 111 Å². The van der Waals surface area contributed by atoms with Gasteiger partial charge in [0.05, 0.1) is 11.9 Å². The first-order valence-corrected chi connectivity index (χ1v) is 8.30. The quantitative estimate of drug-likeness (QED) is 0.645. The predicted molar refractivity (Wildman–Crippen MR) is 72.8 cm³/mol. The Hall–Kier alpha value is -0.170. The summed E-state index contributed by atoms with van der Waals surface area (Å²) >= 11 is 0. The summed E-state index contributed by atoms with van der Waals surface area (Å²) in [6.07, 6.45) is 2.28. The minimum atomic E-state index is -3.18. The fraction of sp³-hybridized carbons (Fsp3) is 1.00. The van der Waals surface area contributed by atoms with E-state index in [2.05, 4.69) is 4.72 Å². The molecule has 1 aliphatic carbocycles. The van der Waals surface area contributed by atoms with Gasteiger partial charge < -0.3 is 10.5 Å². The summed E-state index contributed by atoms with van der Waals surface area (Å²) in [6.45, 7) is 7.26. The van der Waals surface area contributed by atoms with Gasteiger partial charge in [-0.3, -0.25) is 0 Å². The van der Waals surface area contributed by atoms with Crippen LogP contribution in [0.5, 0.6) is 0 Å². The van der Waals surface area contributed by atoms with Crippen LogP contribution in [0.25, 0.3) is 0 Å². The Bertz CT molecular complexity index is 354. The summed E-state index contributed by atoms with van der Waals surface area (Å²) in [5.74, 6) is 0.163. The highest BCUT2D eigenvalue weighted by molar-refractivity contribution is 7.89. The summed E-state index contributed by atoms with van der Waals surface area (Å²) in [4.78, 5) is 0. The minimum Gasteiger partial charge on any atom is -0.378 e. The van der Waals surface area contributed by atoms with Gasteiger partial charge in [-0.25, -0.2) is 13.1 Å². The van der Waals surface area contributed by atoms with Crippen molar-refractivity contribution in [3.63, 3.8) is 0 Å². The fourth-order valence-corrected chi connectivity index (χ4v) is 3.82. The SMILES string of the molecule is CCOC1CC(NS(=O)(=O)CCCCN)C1(C)C. The van der Waals surface area contributed by atoms with Crippen LogP contribution in [0.3, 0.4) is 0 Å². The van der Waals surface area contributed by atoms with Crippen LogP contribution in [0, 0.1) is 5.41 Å². The molecule has 0 aromatic carbocycles. The molecule has 3 N–H and O–H groups in total. The Morgan fingerprint density at radius 3 is 2.56 bits per heavy atom. The van der Waals surface area contributed by atoms with Crippen LogP contribution in [0.4, 0.5) is 0 Å². The van der Waals surface area contributed by atoms with E-state index in [1.807, 2.05) is 20.8 Å². The highest BCUT2D eigenvalue weighted by atomic mass is 32.2. The first-order chi connectivity index (χ1) is 8.33. The Morgan fingerprint density at radius 2 is 2.06 bits per heavy atom. The zero-order valence-electron chi connectivity index (χ0n) is 11.6. The Morgan fingerprint density at radius 1 is 1.39 bits per heavy atom. The van der Waals surface area contributed by atoms with E-state index in [0.717, 1.165) is 12.8 Å². The molecule has 5 nitrogen and oxygen atoms in total. The average Bonchev–Trinajstić information content (AvgIpc) is 2.28. The third kappa shape index (κ3) is 3.91. The third-order valence-corrected chi connectivity index (χ3v) is 5.20. The average molecular weight is 278 g/mol. The Kier molecular flexibility index (Phi) is 5.58. The standard InChI is InChI=1S/C12H26N2O3S/c1-4-17-11-9-10(12(11,2)3)14-18(15,16)8-6-5-7-13/h10-11,14H,4-9,13H2,1-3H3. The third-order valence-electron chi connectivity index (χ3n) is 3.73. The molecule has 0 aromatic heterocycles. The fourth-order valence-electron chi connectivity index (χ4n) is 2.28. The van der Waals surface area contributed by atoms with Crippen LogP contribution in [0.15, 0.2) is 0 Å². The van der Waals surface area contributed by atoms with Crippen molar-refractivity contribution in [3.05, 3.63) is 0 Å². The molecular formula is C12H26N2O3S. The van der Waals surface area contributed by atoms with Gasteiger partial charge >= 0.3 is 0 Å². The minimum absolute atomic E-state index is 0.0167. The molecule has 2 atom stereocenters. The van der Waals surface area contributed by atoms with E-state index in [0.29, 0.717) is 19.6 Å².